The monoisotopic (exact) mass is 535 g/mol. The molecule has 0 aliphatic heterocycles. The summed E-state index contributed by atoms with van der Waals surface area (Å²) in [6.07, 6.45) is 0. The molecule has 0 amide bonds. The first-order valence-electron chi connectivity index (χ1n) is 8.63. The topological polar surface area (TPSA) is 62.3 Å². The molecule has 0 radical (unpaired) electrons. The van der Waals surface area contributed by atoms with Crippen molar-refractivity contribution in [2.24, 2.45) is 0 Å². The molecule has 156 valence electrons. The quantitative estimate of drug-likeness (QED) is 0.376. The standard InChI is InChI=1S/C19H19Cl2N3O2S2.BrH/c1-3-24(4-2)28(25,26)15-8-5-13(6-9-15)18-12-27-19(23-18)22-14-7-10-16(20)17(21)11-14;/h5-12H,3-4H2,1-2H3,(H,22,23);1H. The Morgan fingerprint density at radius 2 is 1.69 bits per heavy atom. The van der Waals surface area contributed by atoms with Crippen LogP contribution in [0, 0.1) is 0 Å². The fraction of sp³-hybridized carbons (Fsp3) is 0.211. The highest BCUT2D eigenvalue weighted by molar-refractivity contribution is 8.93. The number of anilines is 2. The molecule has 3 aromatic rings. The molecule has 0 unspecified atom stereocenters. The predicted molar refractivity (Wildman–Crippen MR) is 128 cm³/mol. The van der Waals surface area contributed by atoms with Crippen LogP contribution in [0.3, 0.4) is 0 Å². The molecule has 0 bridgehead atoms. The van der Waals surface area contributed by atoms with Crippen LogP contribution in [0.25, 0.3) is 11.3 Å². The molecule has 1 aromatic heterocycles. The largest absolute Gasteiger partial charge is 0.331 e. The molecule has 5 nitrogen and oxygen atoms in total. The van der Waals surface area contributed by atoms with Gasteiger partial charge in [0.1, 0.15) is 0 Å². The first-order valence-corrected chi connectivity index (χ1v) is 11.7. The summed E-state index contributed by atoms with van der Waals surface area (Å²) < 4.78 is 26.6. The van der Waals surface area contributed by atoms with Crippen LogP contribution >= 0.6 is 51.5 Å². The summed E-state index contributed by atoms with van der Waals surface area (Å²) in [6, 6.07) is 12.1. The third-order valence-electron chi connectivity index (χ3n) is 4.17. The maximum Gasteiger partial charge on any atom is 0.243 e. The van der Waals surface area contributed by atoms with Crippen molar-refractivity contribution in [1.29, 1.82) is 0 Å². The van der Waals surface area contributed by atoms with E-state index in [1.807, 2.05) is 25.3 Å². The smallest absolute Gasteiger partial charge is 0.243 e. The number of thiazole rings is 1. The molecule has 3 rings (SSSR count). The molecular formula is C19H20BrCl2N3O2S2. The zero-order chi connectivity index (χ0) is 20.3. The summed E-state index contributed by atoms with van der Waals surface area (Å²) in [5, 5.41) is 6.76. The summed E-state index contributed by atoms with van der Waals surface area (Å²) in [5.74, 6) is 0. The second-order valence-electron chi connectivity index (χ2n) is 5.91. The van der Waals surface area contributed by atoms with Crippen molar-refractivity contribution in [2.75, 3.05) is 18.4 Å². The van der Waals surface area contributed by atoms with Crippen LogP contribution in [-0.2, 0) is 10.0 Å². The van der Waals surface area contributed by atoms with E-state index in [1.54, 1.807) is 36.4 Å². The lowest BCUT2D eigenvalue weighted by atomic mass is 10.2. The van der Waals surface area contributed by atoms with E-state index >= 15 is 0 Å². The van der Waals surface area contributed by atoms with Crippen LogP contribution < -0.4 is 5.32 Å². The Bertz CT molecular complexity index is 1070. The van der Waals surface area contributed by atoms with Crippen LogP contribution in [0.2, 0.25) is 10.0 Å². The van der Waals surface area contributed by atoms with Gasteiger partial charge in [-0.15, -0.1) is 28.3 Å². The van der Waals surface area contributed by atoms with E-state index < -0.39 is 10.0 Å². The van der Waals surface area contributed by atoms with Gasteiger partial charge in [0.15, 0.2) is 5.13 Å². The van der Waals surface area contributed by atoms with Gasteiger partial charge in [0.05, 0.1) is 20.6 Å². The molecule has 0 spiro atoms. The van der Waals surface area contributed by atoms with Gasteiger partial charge in [-0.3, -0.25) is 0 Å². The molecule has 2 aromatic carbocycles. The molecule has 0 saturated heterocycles. The lowest BCUT2D eigenvalue weighted by Gasteiger charge is -2.18. The van der Waals surface area contributed by atoms with Crippen molar-refractivity contribution in [3.63, 3.8) is 0 Å². The van der Waals surface area contributed by atoms with Crippen LogP contribution in [0.1, 0.15) is 13.8 Å². The molecule has 29 heavy (non-hydrogen) atoms. The average Bonchev–Trinajstić information content (AvgIpc) is 3.14. The van der Waals surface area contributed by atoms with Gasteiger partial charge < -0.3 is 5.32 Å². The fourth-order valence-electron chi connectivity index (χ4n) is 2.67. The first-order chi connectivity index (χ1) is 13.3. The minimum atomic E-state index is -3.46. The Morgan fingerprint density at radius 1 is 1.03 bits per heavy atom. The third kappa shape index (κ3) is 5.51. The Labute approximate surface area is 195 Å². The molecule has 0 aliphatic carbocycles. The normalized spacial score (nSPS) is 11.3. The Morgan fingerprint density at radius 3 is 2.28 bits per heavy atom. The number of rotatable bonds is 7. The Hall–Kier alpha value is -1.16. The van der Waals surface area contributed by atoms with Crippen LogP contribution in [0.15, 0.2) is 52.7 Å². The molecular weight excluding hydrogens is 517 g/mol. The predicted octanol–water partition coefficient (Wildman–Crippen LogP) is 6.47. The van der Waals surface area contributed by atoms with Crippen molar-refractivity contribution >= 4 is 72.4 Å². The van der Waals surface area contributed by atoms with Gasteiger partial charge in [-0.2, -0.15) is 4.31 Å². The highest BCUT2D eigenvalue weighted by Crippen LogP contribution is 2.30. The number of hydrogen-bond donors (Lipinski definition) is 1. The van der Waals surface area contributed by atoms with Gasteiger partial charge in [0.25, 0.3) is 0 Å². The maximum absolute atomic E-state index is 12.6. The summed E-state index contributed by atoms with van der Waals surface area (Å²) in [5.41, 5.74) is 2.40. The highest BCUT2D eigenvalue weighted by atomic mass is 79.9. The molecule has 0 saturated carbocycles. The van der Waals surface area contributed by atoms with E-state index in [1.165, 1.54) is 15.6 Å². The van der Waals surface area contributed by atoms with Gasteiger partial charge in [0, 0.05) is 29.7 Å². The summed E-state index contributed by atoms with van der Waals surface area (Å²) in [7, 11) is -3.46. The summed E-state index contributed by atoms with van der Waals surface area (Å²) in [4.78, 5) is 4.84. The second kappa shape index (κ2) is 10.2. The zero-order valence-electron chi connectivity index (χ0n) is 15.7. The maximum atomic E-state index is 12.6. The number of aromatic nitrogens is 1. The number of sulfonamides is 1. The zero-order valence-corrected chi connectivity index (χ0v) is 20.6. The molecule has 0 aliphatic rings. The van der Waals surface area contributed by atoms with Crippen molar-refractivity contribution in [3.05, 3.63) is 57.9 Å². The fourth-order valence-corrected chi connectivity index (χ4v) is 5.17. The van der Waals surface area contributed by atoms with Crippen molar-refractivity contribution < 1.29 is 8.42 Å². The van der Waals surface area contributed by atoms with Crippen molar-refractivity contribution in [1.82, 2.24) is 9.29 Å². The van der Waals surface area contributed by atoms with E-state index in [2.05, 4.69) is 10.3 Å². The van der Waals surface area contributed by atoms with Gasteiger partial charge in [-0.05, 0) is 30.3 Å². The summed E-state index contributed by atoms with van der Waals surface area (Å²) >= 11 is 13.4. The van der Waals surface area contributed by atoms with Crippen LogP contribution in [-0.4, -0.2) is 30.8 Å². The van der Waals surface area contributed by atoms with E-state index in [0.29, 0.717) is 28.3 Å². The van der Waals surface area contributed by atoms with Crippen molar-refractivity contribution in [3.8, 4) is 11.3 Å². The average molecular weight is 537 g/mol. The minimum absolute atomic E-state index is 0. The van der Waals surface area contributed by atoms with E-state index in [4.69, 9.17) is 23.2 Å². The number of nitrogens with zero attached hydrogens (tertiary/aromatic N) is 2. The number of halogens is 3. The highest BCUT2D eigenvalue weighted by Gasteiger charge is 2.21. The van der Waals surface area contributed by atoms with Gasteiger partial charge in [0.2, 0.25) is 10.0 Å². The van der Waals surface area contributed by atoms with Crippen molar-refractivity contribution in [2.45, 2.75) is 18.7 Å². The van der Waals surface area contributed by atoms with Gasteiger partial charge in [-0.25, -0.2) is 13.4 Å². The number of nitrogens with one attached hydrogen (secondary N) is 1. The van der Waals surface area contributed by atoms with Crippen LogP contribution in [0.4, 0.5) is 10.8 Å². The SMILES string of the molecule is Br.CCN(CC)S(=O)(=O)c1ccc(-c2csc(Nc3ccc(Cl)c(Cl)c3)n2)cc1. The van der Waals surface area contributed by atoms with Gasteiger partial charge in [-0.1, -0.05) is 49.2 Å². The Kier molecular flexibility index (Phi) is 8.51. The third-order valence-corrected chi connectivity index (χ3v) is 7.73. The first kappa shape index (κ1) is 24.1. The Balaban J connectivity index is 0.00000300. The summed E-state index contributed by atoms with van der Waals surface area (Å²) in [6.45, 7) is 4.53. The van der Waals surface area contributed by atoms with E-state index in [0.717, 1.165) is 16.9 Å². The van der Waals surface area contributed by atoms with E-state index in [-0.39, 0.29) is 21.9 Å². The minimum Gasteiger partial charge on any atom is -0.331 e. The lowest BCUT2D eigenvalue weighted by Crippen LogP contribution is -2.30. The lowest BCUT2D eigenvalue weighted by molar-refractivity contribution is 0.445. The molecule has 0 fully saturated rings. The molecule has 1 N–H and O–H groups in total. The molecule has 0 atom stereocenters. The molecule has 10 heteroatoms. The molecule has 1 heterocycles. The second-order valence-corrected chi connectivity index (χ2v) is 9.52. The number of benzene rings is 2. The van der Waals surface area contributed by atoms with E-state index in [9.17, 15) is 8.42 Å². The van der Waals surface area contributed by atoms with Crippen LogP contribution in [0.5, 0.6) is 0 Å². The number of hydrogen-bond acceptors (Lipinski definition) is 5. The van der Waals surface area contributed by atoms with Gasteiger partial charge >= 0.3 is 0 Å².